The number of carbonyl (C=O) groups is 2. The average Bonchev–Trinajstić information content (AvgIpc) is 2.99. The van der Waals surface area contributed by atoms with E-state index in [2.05, 4.69) is 6.92 Å². The number of nitrogens with zero attached hydrogens (tertiary/aromatic N) is 2. The number of rotatable bonds is 17. The molecule has 2 aromatic carbocycles. The molecule has 0 aliphatic carbocycles. The molecule has 2 amide bonds. The second-order valence-corrected chi connectivity index (χ2v) is 10.8. The molecule has 1 heterocycles. The molecule has 0 unspecified atom stereocenters. The van der Waals surface area contributed by atoms with Crippen LogP contribution >= 0.6 is 11.6 Å². The Morgan fingerprint density at radius 3 is 2.12 bits per heavy atom. The Kier molecular flexibility index (Phi) is 13.7. The summed E-state index contributed by atoms with van der Waals surface area (Å²) in [7, 11) is 3.38. The van der Waals surface area contributed by atoms with Crippen LogP contribution in [0.25, 0.3) is 0 Å². The van der Waals surface area contributed by atoms with E-state index in [9.17, 15) is 9.59 Å². The number of hydrogen-bond donors (Lipinski definition) is 0. The molecule has 0 saturated heterocycles. The first-order valence-electron chi connectivity index (χ1n) is 14.8. The third-order valence-corrected chi connectivity index (χ3v) is 7.54. The molecule has 0 radical (unpaired) electrons. The number of pyridine rings is 1. The number of benzene rings is 2. The molecule has 0 saturated carbocycles. The minimum Gasteiger partial charge on any atom is -0.496 e. The molecule has 1 aromatic heterocycles. The van der Waals surface area contributed by atoms with Crippen LogP contribution in [0.5, 0.6) is 11.5 Å². The normalized spacial score (nSPS) is 10.8. The second-order valence-electron chi connectivity index (χ2n) is 10.4. The molecule has 0 aliphatic rings. The topological polar surface area (TPSA) is 59.7 Å². The number of carbonyl (C=O) groups excluding carboxylic acids is 2. The van der Waals surface area contributed by atoms with Crippen molar-refractivity contribution >= 4 is 23.4 Å². The Morgan fingerprint density at radius 2 is 1.46 bits per heavy atom. The van der Waals surface area contributed by atoms with Crippen LogP contribution in [0.3, 0.4) is 0 Å². The summed E-state index contributed by atoms with van der Waals surface area (Å²) in [6.45, 7) is 2.91. The summed E-state index contributed by atoms with van der Waals surface area (Å²) in [5.74, 6) is 0.0410. The molecule has 0 aliphatic heterocycles. The van der Waals surface area contributed by atoms with Gasteiger partial charge in [-0.25, -0.2) is 4.57 Å². The Labute approximate surface area is 250 Å². The Bertz CT molecular complexity index is 1260. The van der Waals surface area contributed by atoms with E-state index in [4.69, 9.17) is 21.1 Å². The third kappa shape index (κ3) is 9.89. The first kappa shape index (κ1) is 32.1. The summed E-state index contributed by atoms with van der Waals surface area (Å²) in [5.41, 5.74) is 1.42. The van der Waals surface area contributed by atoms with Crippen molar-refractivity contribution in [3.8, 4) is 11.5 Å². The van der Waals surface area contributed by atoms with E-state index in [0.29, 0.717) is 34.3 Å². The minimum atomic E-state index is -0.451. The van der Waals surface area contributed by atoms with Crippen LogP contribution in [0, 0.1) is 0 Å². The van der Waals surface area contributed by atoms with E-state index in [1.165, 1.54) is 63.4 Å². The fraction of sp³-hybridized carbons (Fsp3) is 0.441. The molecule has 3 aromatic rings. The lowest BCUT2D eigenvalue weighted by molar-refractivity contribution is -0.679. The molecule has 0 fully saturated rings. The van der Waals surface area contributed by atoms with Crippen LogP contribution in [-0.4, -0.2) is 30.4 Å². The van der Waals surface area contributed by atoms with Gasteiger partial charge in [0.05, 0.1) is 24.3 Å². The number of methoxy groups -OCH3 is 1. The van der Waals surface area contributed by atoms with Crippen molar-refractivity contribution in [1.29, 1.82) is 0 Å². The number of hydrogen-bond acceptors (Lipinski definition) is 4. The highest BCUT2D eigenvalue weighted by atomic mass is 35.5. The van der Waals surface area contributed by atoms with Gasteiger partial charge in [0.15, 0.2) is 6.20 Å². The molecule has 7 heteroatoms. The highest BCUT2D eigenvalue weighted by Gasteiger charge is 2.29. The quantitative estimate of drug-likeness (QED) is 0.0924. The van der Waals surface area contributed by atoms with E-state index in [1.807, 2.05) is 36.0 Å². The highest BCUT2D eigenvalue weighted by molar-refractivity contribution is 6.32. The minimum absolute atomic E-state index is 0.0850. The zero-order valence-electron chi connectivity index (χ0n) is 24.7. The summed E-state index contributed by atoms with van der Waals surface area (Å²) >= 11 is 6.54. The third-order valence-electron chi connectivity index (χ3n) is 7.24. The lowest BCUT2D eigenvalue weighted by Gasteiger charge is -2.21. The maximum absolute atomic E-state index is 13.8. The Hall–Kier alpha value is -3.38. The fourth-order valence-corrected chi connectivity index (χ4v) is 5.00. The number of imide groups is 1. The van der Waals surface area contributed by atoms with Crippen LogP contribution in [0.4, 0.5) is 0 Å². The van der Waals surface area contributed by atoms with Crippen LogP contribution in [0.1, 0.15) is 97.5 Å². The molecule has 6 nitrogen and oxygen atoms in total. The predicted octanol–water partition coefficient (Wildman–Crippen LogP) is 7.96. The summed E-state index contributed by atoms with van der Waals surface area (Å²) in [4.78, 5) is 28.7. The van der Waals surface area contributed by atoms with Gasteiger partial charge < -0.3 is 9.47 Å². The summed E-state index contributed by atoms with van der Waals surface area (Å²) < 4.78 is 13.2. The van der Waals surface area contributed by atoms with Crippen molar-refractivity contribution < 1.29 is 23.6 Å². The molecular weight excluding hydrogens is 536 g/mol. The monoisotopic (exact) mass is 579 g/mol. The maximum atomic E-state index is 13.8. The summed E-state index contributed by atoms with van der Waals surface area (Å²) in [5, 5.41) is 0.345. The Balaban J connectivity index is 1.62. The van der Waals surface area contributed by atoms with Gasteiger partial charge in [0.25, 0.3) is 11.8 Å². The first-order chi connectivity index (χ1) is 20.0. The van der Waals surface area contributed by atoms with E-state index in [-0.39, 0.29) is 6.54 Å². The lowest BCUT2D eigenvalue weighted by atomic mass is 10.1. The summed E-state index contributed by atoms with van der Waals surface area (Å²) in [6.07, 6.45) is 14.4. The van der Waals surface area contributed by atoms with Crippen molar-refractivity contribution in [3.05, 3.63) is 88.7 Å². The largest absolute Gasteiger partial charge is 0.496 e. The molecule has 220 valence electrons. The van der Waals surface area contributed by atoms with E-state index in [0.717, 1.165) is 18.5 Å². The van der Waals surface area contributed by atoms with Crippen molar-refractivity contribution in [1.82, 2.24) is 4.90 Å². The van der Waals surface area contributed by atoms with Gasteiger partial charge in [0, 0.05) is 17.7 Å². The zero-order chi connectivity index (χ0) is 29.5. The number of para-hydroxylation sites is 1. The molecule has 0 bridgehead atoms. The van der Waals surface area contributed by atoms with Gasteiger partial charge in [-0.3, -0.25) is 14.5 Å². The van der Waals surface area contributed by atoms with E-state index < -0.39 is 11.8 Å². The van der Waals surface area contributed by atoms with E-state index in [1.54, 1.807) is 42.5 Å². The first-order valence-corrected chi connectivity index (χ1v) is 15.2. The smallest absolute Gasteiger partial charge is 0.265 e. The van der Waals surface area contributed by atoms with E-state index >= 15 is 0 Å². The predicted molar refractivity (Wildman–Crippen MR) is 164 cm³/mol. The number of aryl methyl sites for hydroxylation is 1. The van der Waals surface area contributed by atoms with Crippen molar-refractivity contribution in [2.24, 2.45) is 7.05 Å². The van der Waals surface area contributed by atoms with Crippen LogP contribution < -0.4 is 14.0 Å². The molecule has 0 atom stereocenters. The van der Waals surface area contributed by atoms with Crippen LogP contribution in [-0.2, 0) is 13.6 Å². The highest BCUT2D eigenvalue weighted by Crippen LogP contribution is 2.28. The molecular formula is C34H44ClN2O4+. The van der Waals surface area contributed by atoms with Gasteiger partial charge >= 0.3 is 0 Å². The second kappa shape index (κ2) is 17.4. The summed E-state index contributed by atoms with van der Waals surface area (Å²) in [6, 6.07) is 17.5. The van der Waals surface area contributed by atoms with Crippen LogP contribution in [0.2, 0.25) is 5.02 Å². The molecule has 3 rings (SSSR count). The Morgan fingerprint density at radius 1 is 0.805 bits per heavy atom. The van der Waals surface area contributed by atoms with Gasteiger partial charge in [-0.15, -0.1) is 0 Å². The number of amides is 2. The van der Waals surface area contributed by atoms with Gasteiger partial charge in [0.1, 0.15) is 25.1 Å². The van der Waals surface area contributed by atoms with Gasteiger partial charge in [0.2, 0.25) is 5.69 Å². The maximum Gasteiger partial charge on any atom is 0.265 e. The average molecular weight is 580 g/mol. The molecule has 41 heavy (non-hydrogen) atoms. The van der Waals surface area contributed by atoms with Crippen molar-refractivity contribution in [3.63, 3.8) is 0 Å². The van der Waals surface area contributed by atoms with Gasteiger partial charge in [-0.1, -0.05) is 94.5 Å². The lowest BCUT2D eigenvalue weighted by Crippen LogP contribution is -2.42. The van der Waals surface area contributed by atoms with Crippen molar-refractivity contribution in [2.45, 2.75) is 77.7 Å². The number of halogens is 1. The van der Waals surface area contributed by atoms with Crippen LogP contribution in [0.15, 0.2) is 66.9 Å². The molecule has 0 N–H and O–H groups in total. The SMILES string of the molecule is CCCCCCCCCCCCOc1ccc(C(=O)N(Cc2cccc[n+]2C)C(=O)c2ccccc2OC)cc1Cl. The number of aromatic nitrogens is 1. The fourth-order valence-electron chi connectivity index (χ4n) is 4.77. The molecule has 0 spiro atoms. The number of ether oxygens (including phenoxy) is 2. The van der Waals surface area contributed by atoms with Gasteiger partial charge in [-0.05, 0) is 36.8 Å². The van der Waals surface area contributed by atoms with Crippen molar-refractivity contribution in [2.75, 3.05) is 13.7 Å². The zero-order valence-corrected chi connectivity index (χ0v) is 25.5. The standard InChI is InChI=1S/C34H44ClN2O4/c1-4-5-6-7-8-9-10-11-12-17-24-41-32-22-21-27(25-30(32)35)33(38)37(26-28-18-15-16-23-36(28)2)34(39)29-19-13-14-20-31(29)40-3/h13-16,18-23,25H,4-12,17,24,26H2,1-3H3/q+1. The number of unbranched alkanes of at least 4 members (excludes halogenated alkanes) is 9. The van der Waals surface area contributed by atoms with Gasteiger partial charge in [-0.2, -0.15) is 0 Å².